The molecule has 2 nitrogen and oxygen atoms in total. The molecule has 0 aromatic heterocycles. The van der Waals surface area contributed by atoms with Gasteiger partial charge >= 0.3 is 0 Å². The fourth-order valence-electron chi connectivity index (χ4n) is 3.64. The number of hydrogen-bond donors (Lipinski definition) is 1. The average Bonchev–Trinajstić information content (AvgIpc) is 2.71. The zero-order valence-electron chi connectivity index (χ0n) is 13.1. The van der Waals surface area contributed by atoms with Gasteiger partial charge < -0.3 is 5.73 Å². The lowest BCUT2D eigenvalue weighted by Crippen LogP contribution is -2.51. The number of nitrogens with two attached hydrogens (primary N) is 1. The molecular weight excluding hydrogens is 244 g/mol. The quantitative estimate of drug-likeness (QED) is 0.827. The Bertz CT molecular complexity index is 390. The maximum absolute atomic E-state index is 6.21. The van der Waals surface area contributed by atoms with E-state index in [0.29, 0.717) is 0 Å². The van der Waals surface area contributed by atoms with Gasteiger partial charge in [0.15, 0.2) is 0 Å². The Labute approximate surface area is 124 Å². The standard InChI is InChI=1S/C18H30N2/c1-3-16-10-7-12-18(15-19,13-11-16)20(2)14-17-8-5-4-6-9-17/h4-6,8-9,16H,3,7,10-15,19H2,1-2H3. The Balaban J connectivity index is 2.05. The van der Waals surface area contributed by atoms with Gasteiger partial charge in [-0.2, -0.15) is 0 Å². The summed E-state index contributed by atoms with van der Waals surface area (Å²) >= 11 is 0. The summed E-state index contributed by atoms with van der Waals surface area (Å²) in [5, 5.41) is 0. The molecule has 1 aromatic carbocycles. The van der Waals surface area contributed by atoms with Crippen LogP contribution in [-0.4, -0.2) is 24.0 Å². The van der Waals surface area contributed by atoms with Crippen LogP contribution in [0.1, 0.15) is 51.0 Å². The number of hydrogen-bond acceptors (Lipinski definition) is 2. The van der Waals surface area contributed by atoms with Gasteiger partial charge in [-0.25, -0.2) is 0 Å². The molecule has 1 aromatic rings. The van der Waals surface area contributed by atoms with Crippen LogP contribution in [0, 0.1) is 5.92 Å². The molecule has 1 saturated carbocycles. The zero-order valence-corrected chi connectivity index (χ0v) is 13.1. The third-order valence-electron chi connectivity index (χ3n) is 5.30. The lowest BCUT2D eigenvalue weighted by atomic mass is 9.87. The van der Waals surface area contributed by atoms with E-state index in [4.69, 9.17) is 5.73 Å². The fraction of sp³-hybridized carbons (Fsp3) is 0.667. The topological polar surface area (TPSA) is 29.3 Å². The van der Waals surface area contributed by atoms with E-state index >= 15 is 0 Å². The van der Waals surface area contributed by atoms with E-state index in [2.05, 4.69) is 49.2 Å². The van der Waals surface area contributed by atoms with Crippen LogP contribution in [0.5, 0.6) is 0 Å². The van der Waals surface area contributed by atoms with Crippen molar-refractivity contribution < 1.29 is 0 Å². The summed E-state index contributed by atoms with van der Waals surface area (Å²) in [6.45, 7) is 4.12. The number of likely N-dealkylation sites (N-methyl/N-ethyl adjacent to an activating group) is 1. The van der Waals surface area contributed by atoms with Crippen LogP contribution in [0.15, 0.2) is 30.3 Å². The van der Waals surface area contributed by atoms with Crippen LogP contribution in [0.2, 0.25) is 0 Å². The minimum absolute atomic E-state index is 0.208. The first kappa shape index (κ1) is 15.5. The minimum Gasteiger partial charge on any atom is -0.329 e. The Kier molecular flexibility index (Phi) is 5.62. The largest absolute Gasteiger partial charge is 0.329 e. The van der Waals surface area contributed by atoms with Crippen molar-refractivity contribution in [1.82, 2.24) is 4.90 Å². The maximum atomic E-state index is 6.21. The van der Waals surface area contributed by atoms with Crippen LogP contribution in [-0.2, 0) is 6.54 Å². The molecule has 2 rings (SSSR count). The monoisotopic (exact) mass is 274 g/mol. The zero-order chi connectivity index (χ0) is 14.4. The van der Waals surface area contributed by atoms with E-state index in [1.54, 1.807) is 0 Å². The second kappa shape index (κ2) is 7.24. The van der Waals surface area contributed by atoms with Gasteiger partial charge in [-0.15, -0.1) is 0 Å². The first-order chi connectivity index (χ1) is 9.70. The third kappa shape index (κ3) is 3.62. The van der Waals surface area contributed by atoms with E-state index in [9.17, 15) is 0 Å². The lowest BCUT2D eigenvalue weighted by molar-refractivity contribution is 0.0984. The lowest BCUT2D eigenvalue weighted by Gasteiger charge is -2.41. The summed E-state index contributed by atoms with van der Waals surface area (Å²) in [5.74, 6) is 0.911. The number of rotatable bonds is 5. The van der Waals surface area contributed by atoms with Gasteiger partial charge in [0, 0.05) is 18.6 Å². The summed E-state index contributed by atoms with van der Waals surface area (Å²) in [6, 6.07) is 10.8. The summed E-state index contributed by atoms with van der Waals surface area (Å²) in [4.78, 5) is 2.51. The molecule has 0 aliphatic heterocycles. The maximum Gasteiger partial charge on any atom is 0.0332 e. The van der Waals surface area contributed by atoms with E-state index in [-0.39, 0.29) is 5.54 Å². The molecule has 0 spiro atoms. The van der Waals surface area contributed by atoms with Crippen molar-refractivity contribution in [2.45, 2.75) is 57.5 Å². The van der Waals surface area contributed by atoms with Crippen LogP contribution < -0.4 is 5.73 Å². The summed E-state index contributed by atoms with van der Waals surface area (Å²) < 4.78 is 0. The highest BCUT2D eigenvalue weighted by Gasteiger charge is 2.35. The molecule has 0 bridgehead atoms. The van der Waals surface area contributed by atoms with Gasteiger partial charge in [0.05, 0.1) is 0 Å². The molecule has 112 valence electrons. The second-order valence-electron chi connectivity index (χ2n) is 6.48. The van der Waals surface area contributed by atoms with Crippen molar-refractivity contribution in [3.05, 3.63) is 35.9 Å². The molecule has 2 heteroatoms. The van der Waals surface area contributed by atoms with Crippen LogP contribution >= 0.6 is 0 Å². The van der Waals surface area contributed by atoms with Crippen LogP contribution in [0.25, 0.3) is 0 Å². The normalized spacial score (nSPS) is 27.5. The first-order valence-electron chi connectivity index (χ1n) is 8.15. The molecule has 1 fully saturated rings. The molecular formula is C18H30N2. The van der Waals surface area contributed by atoms with Crippen molar-refractivity contribution >= 4 is 0 Å². The molecule has 1 aliphatic rings. The predicted molar refractivity (Wildman–Crippen MR) is 86.6 cm³/mol. The first-order valence-corrected chi connectivity index (χ1v) is 8.15. The van der Waals surface area contributed by atoms with Crippen molar-refractivity contribution in [2.24, 2.45) is 11.7 Å². The Morgan fingerprint density at radius 1 is 1.20 bits per heavy atom. The number of benzene rings is 1. The summed E-state index contributed by atoms with van der Waals surface area (Å²) in [6.07, 6.45) is 7.89. The highest BCUT2D eigenvalue weighted by Crippen LogP contribution is 2.35. The van der Waals surface area contributed by atoms with Crippen molar-refractivity contribution in [1.29, 1.82) is 0 Å². The van der Waals surface area contributed by atoms with Gasteiger partial charge in [-0.3, -0.25) is 4.90 Å². The Hall–Kier alpha value is -0.860. The fourth-order valence-corrected chi connectivity index (χ4v) is 3.64. The van der Waals surface area contributed by atoms with Gasteiger partial charge in [-0.1, -0.05) is 56.5 Å². The van der Waals surface area contributed by atoms with E-state index in [1.165, 1.54) is 44.1 Å². The highest BCUT2D eigenvalue weighted by atomic mass is 15.2. The van der Waals surface area contributed by atoms with Gasteiger partial charge in [0.1, 0.15) is 0 Å². The molecule has 0 amide bonds. The van der Waals surface area contributed by atoms with Gasteiger partial charge in [0.2, 0.25) is 0 Å². The smallest absolute Gasteiger partial charge is 0.0332 e. The molecule has 20 heavy (non-hydrogen) atoms. The molecule has 1 aliphatic carbocycles. The Morgan fingerprint density at radius 3 is 2.60 bits per heavy atom. The summed E-state index contributed by atoms with van der Waals surface area (Å²) in [7, 11) is 2.26. The summed E-state index contributed by atoms with van der Waals surface area (Å²) in [5.41, 5.74) is 7.80. The molecule has 2 atom stereocenters. The van der Waals surface area contributed by atoms with Crippen molar-refractivity contribution in [2.75, 3.05) is 13.6 Å². The molecule has 2 unspecified atom stereocenters. The average molecular weight is 274 g/mol. The van der Waals surface area contributed by atoms with Crippen molar-refractivity contribution in [3.8, 4) is 0 Å². The molecule has 0 heterocycles. The molecule has 0 radical (unpaired) electrons. The third-order valence-corrected chi connectivity index (χ3v) is 5.30. The predicted octanol–water partition coefficient (Wildman–Crippen LogP) is 3.81. The van der Waals surface area contributed by atoms with E-state index in [1.807, 2.05) is 0 Å². The minimum atomic E-state index is 0.208. The van der Waals surface area contributed by atoms with Gasteiger partial charge in [-0.05, 0) is 37.8 Å². The highest BCUT2D eigenvalue weighted by molar-refractivity contribution is 5.15. The van der Waals surface area contributed by atoms with Gasteiger partial charge in [0.25, 0.3) is 0 Å². The van der Waals surface area contributed by atoms with Crippen LogP contribution in [0.4, 0.5) is 0 Å². The van der Waals surface area contributed by atoms with E-state index in [0.717, 1.165) is 19.0 Å². The molecule has 2 N–H and O–H groups in total. The SMILES string of the molecule is CCC1CCCC(CN)(N(C)Cc2ccccc2)CC1. The second-order valence-corrected chi connectivity index (χ2v) is 6.48. The molecule has 0 saturated heterocycles. The Morgan fingerprint density at radius 2 is 1.95 bits per heavy atom. The number of nitrogens with zero attached hydrogens (tertiary/aromatic N) is 1. The van der Waals surface area contributed by atoms with Crippen molar-refractivity contribution in [3.63, 3.8) is 0 Å². The van der Waals surface area contributed by atoms with Crippen LogP contribution in [0.3, 0.4) is 0 Å². The van der Waals surface area contributed by atoms with E-state index < -0.39 is 0 Å².